The molecule has 5 nitrogen and oxygen atoms in total. The van der Waals surface area contributed by atoms with Crippen LogP contribution in [0.5, 0.6) is 0 Å². The van der Waals surface area contributed by atoms with Crippen molar-refractivity contribution in [3.05, 3.63) is 11.3 Å². The summed E-state index contributed by atoms with van der Waals surface area (Å²) in [6.45, 7) is 6.15. The van der Waals surface area contributed by atoms with Crippen molar-refractivity contribution < 1.29 is 22.7 Å². The van der Waals surface area contributed by atoms with E-state index in [-0.39, 0.29) is 6.61 Å². The highest BCUT2D eigenvalue weighted by Gasteiger charge is 2.55. The average molecular weight is 279 g/mol. The number of nitrogens with zero attached hydrogens (tertiary/aromatic N) is 2. The van der Waals surface area contributed by atoms with Crippen LogP contribution >= 0.6 is 0 Å². The molecule has 0 bridgehead atoms. The molecule has 2 N–H and O–H groups in total. The van der Waals surface area contributed by atoms with Crippen molar-refractivity contribution in [3.8, 4) is 0 Å². The standard InChI is InChI=1S/C11H16F3N3O2/c1-5-19-8(18)6-7(11(12,13)14)16-17-10(6,15)9(2,3)4/h5,15H2,1-4H3. The van der Waals surface area contributed by atoms with Gasteiger partial charge in [-0.25, -0.2) is 4.79 Å². The fourth-order valence-corrected chi connectivity index (χ4v) is 1.59. The van der Waals surface area contributed by atoms with Gasteiger partial charge in [-0.1, -0.05) is 20.8 Å². The highest BCUT2D eigenvalue weighted by Crippen LogP contribution is 2.46. The number of nitrogens with two attached hydrogens (primary N) is 1. The summed E-state index contributed by atoms with van der Waals surface area (Å²) >= 11 is 0. The molecule has 0 aromatic rings. The van der Waals surface area contributed by atoms with Crippen molar-refractivity contribution in [2.24, 2.45) is 21.4 Å². The zero-order valence-electron chi connectivity index (χ0n) is 11.1. The van der Waals surface area contributed by atoms with Crippen LogP contribution in [0, 0.1) is 5.41 Å². The minimum absolute atomic E-state index is 0.0618. The summed E-state index contributed by atoms with van der Waals surface area (Å²) in [4.78, 5) is 11.8. The largest absolute Gasteiger partial charge is 0.462 e. The number of alkyl halides is 3. The number of hydrogen-bond acceptors (Lipinski definition) is 5. The third-order valence-electron chi connectivity index (χ3n) is 2.82. The monoisotopic (exact) mass is 279 g/mol. The molecule has 108 valence electrons. The van der Waals surface area contributed by atoms with Gasteiger partial charge in [-0.05, 0) is 6.92 Å². The zero-order valence-corrected chi connectivity index (χ0v) is 11.1. The van der Waals surface area contributed by atoms with Gasteiger partial charge >= 0.3 is 12.1 Å². The number of carbonyl (C=O) groups excluding carboxylic acids is 1. The van der Waals surface area contributed by atoms with E-state index in [1.54, 1.807) is 20.8 Å². The van der Waals surface area contributed by atoms with E-state index in [0.717, 1.165) is 0 Å². The van der Waals surface area contributed by atoms with Gasteiger partial charge in [-0.15, -0.1) is 5.11 Å². The number of halogens is 3. The molecule has 0 aromatic carbocycles. The van der Waals surface area contributed by atoms with Crippen molar-refractivity contribution >= 4 is 5.97 Å². The van der Waals surface area contributed by atoms with Crippen molar-refractivity contribution in [2.75, 3.05) is 6.61 Å². The molecule has 1 unspecified atom stereocenters. The van der Waals surface area contributed by atoms with Crippen LogP contribution in [0.2, 0.25) is 0 Å². The molecule has 1 heterocycles. The topological polar surface area (TPSA) is 77.0 Å². The first-order valence-corrected chi connectivity index (χ1v) is 5.66. The molecule has 0 aromatic heterocycles. The number of carbonyl (C=O) groups is 1. The Morgan fingerprint density at radius 2 is 1.89 bits per heavy atom. The van der Waals surface area contributed by atoms with Crippen LogP contribution < -0.4 is 5.73 Å². The fourth-order valence-electron chi connectivity index (χ4n) is 1.59. The lowest BCUT2D eigenvalue weighted by molar-refractivity contribution is -0.141. The lowest BCUT2D eigenvalue weighted by Crippen LogP contribution is -2.52. The highest BCUT2D eigenvalue weighted by molar-refractivity contribution is 5.92. The second-order valence-corrected chi connectivity index (χ2v) is 5.16. The van der Waals surface area contributed by atoms with Crippen LogP contribution in [0.4, 0.5) is 13.2 Å². The molecule has 1 atom stereocenters. The third kappa shape index (κ3) is 2.63. The molecule has 19 heavy (non-hydrogen) atoms. The summed E-state index contributed by atoms with van der Waals surface area (Å²) in [6.07, 6.45) is -4.81. The predicted octanol–water partition coefficient (Wildman–Crippen LogP) is 2.53. The quantitative estimate of drug-likeness (QED) is 0.789. The predicted molar refractivity (Wildman–Crippen MR) is 60.9 cm³/mol. The number of azo groups is 1. The maximum Gasteiger partial charge on any atom is 0.435 e. The Labute approximate surface area is 108 Å². The molecule has 0 radical (unpaired) electrons. The van der Waals surface area contributed by atoms with E-state index in [0.29, 0.717) is 0 Å². The first kappa shape index (κ1) is 15.6. The van der Waals surface area contributed by atoms with E-state index in [1.807, 2.05) is 0 Å². The molecule has 0 amide bonds. The fraction of sp³-hybridized carbons (Fsp3) is 0.727. The molecular formula is C11H16F3N3O2. The van der Waals surface area contributed by atoms with Crippen molar-refractivity contribution in [2.45, 2.75) is 39.5 Å². The Morgan fingerprint density at radius 3 is 2.26 bits per heavy atom. The number of hydrogen-bond donors (Lipinski definition) is 1. The molecule has 1 aliphatic rings. The van der Waals surface area contributed by atoms with Crippen LogP contribution in [-0.4, -0.2) is 24.4 Å². The van der Waals surface area contributed by atoms with E-state index in [9.17, 15) is 18.0 Å². The molecular weight excluding hydrogens is 263 g/mol. The second kappa shape index (κ2) is 4.59. The van der Waals surface area contributed by atoms with Gasteiger partial charge < -0.3 is 10.5 Å². The van der Waals surface area contributed by atoms with E-state index in [1.165, 1.54) is 6.92 Å². The van der Waals surface area contributed by atoms with Crippen LogP contribution in [0.25, 0.3) is 0 Å². The van der Waals surface area contributed by atoms with Crippen LogP contribution in [0.15, 0.2) is 21.5 Å². The number of allylic oxidation sites excluding steroid dienone is 1. The smallest absolute Gasteiger partial charge is 0.435 e. The van der Waals surface area contributed by atoms with Gasteiger partial charge in [0, 0.05) is 5.41 Å². The van der Waals surface area contributed by atoms with Gasteiger partial charge in [0.1, 0.15) is 5.57 Å². The molecule has 8 heteroatoms. The number of esters is 1. The van der Waals surface area contributed by atoms with Gasteiger partial charge in [0.05, 0.1) is 6.61 Å². The van der Waals surface area contributed by atoms with Gasteiger partial charge in [0.25, 0.3) is 0 Å². The molecule has 0 fully saturated rings. The normalized spacial score (nSPS) is 24.0. The van der Waals surface area contributed by atoms with Gasteiger partial charge in [-0.2, -0.15) is 18.3 Å². The maximum absolute atomic E-state index is 12.9. The third-order valence-corrected chi connectivity index (χ3v) is 2.82. The molecule has 0 saturated carbocycles. The second-order valence-electron chi connectivity index (χ2n) is 5.16. The van der Waals surface area contributed by atoms with Crippen molar-refractivity contribution in [3.63, 3.8) is 0 Å². The average Bonchev–Trinajstić information content (AvgIpc) is 2.56. The Hall–Kier alpha value is -1.44. The SMILES string of the molecule is CCOC(=O)C1=C(C(F)(F)F)N=NC1(N)C(C)(C)C. The summed E-state index contributed by atoms with van der Waals surface area (Å²) in [5.74, 6) is -1.14. The van der Waals surface area contributed by atoms with E-state index < -0.39 is 34.5 Å². The van der Waals surface area contributed by atoms with Crippen molar-refractivity contribution in [1.29, 1.82) is 0 Å². The summed E-state index contributed by atoms with van der Waals surface area (Å²) in [5.41, 5.74) is 0.970. The number of rotatable bonds is 2. The summed E-state index contributed by atoms with van der Waals surface area (Å²) in [7, 11) is 0. The summed E-state index contributed by atoms with van der Waals surface area (Å²) in [6, 6.07) is 0. The van der Waals surface area contributed by atoms with Crippen LogP contribution in [0.1, 0.15) is 27.7 Å². The highest BCUT2D eigenvalue weighted by atomic mass is 19.4. The van der Waals surface area contributed by atoms with E-state index in [2.05, 4.69) is 15.0 Å². The Kier molecular flexibility index (Phi) is 3.77. The maximum atomic E-state index is 12.9. The van der Waals surface area contributed by atoms with Gasteiger partial charge in [0.2, 0.25) is 0 Å². The molecule has 1 rings (SSSR count). The molecule has 1 aliphatic heterocycles. The van der Waals surface area contributed by atoms with E-state index in [4.69, 9.17) is 5.73 Å². The zero-order chi connectivity index (χ0) is 15.1. The van der Waals surface area contributed by atoms with Gasteiger partial charge in [0.15, 0.2) is 11.4 Å². The minimum atomic E-state index is -4.81. The first-order valence-electron chi connectivity index (χ1n) is 5.66. The minimum Gasteiger partial charge on any atom is -0.462 e. The van der Waals surface area contributed by atoms with Crippen LogP contribution in [0.3, 0.4) is 0 Å². The van der Waals surface area contributed by atoms with Crippen molar-refractivity contribution in [1.82, 2.24) is 0 Å². The lowest BCUT2D eigenvalue weighted by atomic mass is 9.76. The Morgan fingerprint density at radius 1 is 1.37 bits per heavy atom. The molecule has 0 aliphatic carbocycles. The van der Waals surface area contributed by atoms with Crippen LogP contribution in [-0.2, 0) is 9.53 Å². The molecule has 0 saturated heterocycles. The Balaban J connectivity index is 3.44. The first-order chi connectivity index (χ1) is 8.45. The van der Waals surface area contributed by atoms with Gasteiger partial charge in [-0.3, -0.25) is 0 Å². The Bertz CT molecular complexity index is 449. The summed E-state index contributed by atoms with van der Waals surface area (Å²) < 4.78 is 43.2. The summed E-state index contributed by atoms with van der Waals surface area (Å²) in [5, 5.41) is 6.54. The molecule has 0 spiro atoms. The van der Waals surface area contributed by atoms with E-state index >= 15 is 0 Å². The lowest BCUT2D eigenvalue weighted by Gasteiger charge is -2.35. The number of ether oxygens (including phenoxy) is 1.